The Morgan fingerprint density at radius 1 is 1.06 bits per heavy atom. The highest BCUT2D eigenvalue weighted by Crippen LogP contribution is 2.26. The number of rotatable bonds is 2. The summed E-state index contributed by atoms with van der Waals surface area (Å²) in [5.41, 5.74) is 4.82. The van der Waals surface area contributed by atoms with Gasteiger partial charge in [-0.25, -0.2) is 0 Å². The summed E-state index contributed by atoms with van der Waals surface area (Å²) in [5.74, 6) is 0.521. The number of nitrogens with zero attached hydrogens (tertiary/aromatic N) is 2. The maximum Gasteiger partial charge on any atom is 0.108 e. The van der Waals surface area contributed by atoms with Gasteiger partial charge in [-0.2, -0.15) is 8.75 Å². The second-order valence-corrected chi connectivity index (χ2v) is 5.02. The number of aryl methyl sites for hydroxylation is 1. The standard InChI is InChI=1S/C11H14N2S.C3H8/c1-4-8-5-6-9(7(2)3)11-10(8)12-14-13-11;1-3-2/h5-7H,4H2,1-3H3;3H2,1-2H3. The third-order valence-corrected chi connectivity index (χ3v) is 3.06. The average molecular weight is 250 g/mol. The molecule has 2 aromatic rings. The van der Waals surface area contributed by atoms with Crippen LogP contribution in [0.25, 0.3) is 11.0 Å². The molecule has 0 radical (unpaired) electrons. The van der Waals surface area contributed by atoms with Crippen LogP contribution in [0.15, 0.2) is 12.1 Å². The quantitative estimate of drug-likeness (QED) is 0.765. The molecule has 1 aromatic carbocycles. The van der Waals surface area contributed by atoms with Crippen LogP contribution in [0.4, 0.5) is 0 Å². The van der Waals surface area contributed by atoms with Crippen LogP contribution in [0.1, 0.15) is 58.1 Å². The molecule has 0 unspecified atom stereocenters. The second kappa shape index (κ2) is 6.70. The molecule has 94 valence electrons. The first-order chi connectivity index (χ1) is 8.15. The van der Waals surface area contributed by atoms with Gasteiger partial charge < -0.3 is 0 Å². The van der Waals surface area contributed by atoms with Gasteiger partial charge >= 0.3 is 0 Å². The van der Waals surface area contributed by atoms with E-state index in [4.69, 9.17) is 0 Å². The molecule has 2 rings (SSSR count). The van der Waals surface area contributed by atoms with Crippen molar-refractivity contribution >= 4 is 22.8 Å². The molecule has 0 saturated carbocycles. The third-order valence-electron chi connectivity index (χ3n) is 2.53. The van der Waals surface area contributed by atoms with Crippen LogP contribution in [-0.2, 0) is 6.42 Å². The number of benzene rings is 1. The molecule has 0 spiro atoms. The fourth-order valence-electron chi connectivity index (χ4n) is 1.69. The van der Waals surface area contributed by atoms with Gasteiger partial charge in [-0.1, -0.05) is 53.2 Å². The lowest BCUT2D eigenvalue weighted by Crippen LogP contribution is -1.92. The summed E-state index contributed by atoms with van der Waals surface area (Å²) in [7, 11) is 0. The van der Waals surface area contributed by atoms with Crippen LogP contribution in [0.3, 0.4) is 0 Å². The summed E-state index contributed by atoms with van der Waals surface area (Å²) in [6, 6.07) is 4.37. The smallest absolute Gasteiger partial charge is 0.108 e. The molecule has 17 heavy (non-hydrogen) atoms. The minimum Gasteiger partial charge on any atom is -0.173 e. The Morgan fingerprint density at radius 3 is 2.18 bits per heavy atom. The van der Waals surface area contributed by atoms with Crippen LogP contribution in [0.2, 0.25) is 0 Å². The first-order valence-corrected chi connectivity index (χ1v) is 7.12. The minimum atomic E-state index is 0.521. The molecule has 0 aliphatic heterocycles. The first-order valence-electron chi connectivity index (χ1n) is 6.39. The van der Waals surface area contributed by atoms with E-state index in [1.165, 1.54) is 29.3 Å². The Labute approximate surface area is 108 Å². The highest BCUT2D eigenvalue weighted by Gasteiger charge is 2.11. The van der Waals surface area contributed by atoms with Crippen LogP contribution in [0.5, 0.6) is 0 Å². The molecule has 0 amide bonds. The molecule has 0 aliphatic carbocycles. The Hall–Kier alpha value is -0.960. The summed E-state index contributed by atoms with van der Waals surface area (Å²) in [5, 5.41) is 0. The largest absolute Gasteiger partial charge is 0.173 e. The normalized spacial score (nSPS) is 10.5. The van der Waals surface area contributed by atoms with Crippen molar-refractivity contribution in [1.29, 1.82) is 0 Å². The number of fused-ring (bicyclic) bond motifs is 1. The highest BCUT2D eigenvalue weighted by molar-refractivity contribution is 7.00. The van der Waals surface area contributed by atoms with E-state index in [9.17, 15) is 0 Å². The fourth-order valence-corrected chi connectivity index (χ4v) is 2.29. The molecule has 2 nitrogen and oxygen atoms in total. The van der Waals surface area contributed by atoms with E-state index in [1.54, 1.807) is 0 Å². The summed E-state index contributed by atoms with van der Waals surface area (Å²) in [4.78, 5) is 0. The molecule has 1 heterocycles. The first kappa shape index (κ1) is 14.1. The lowest BCUT2D eigenvalue weighted by Gasteiger charge is -2.07. The van der Waals surface area contributed by atoms with E-state index in [0.29, 0.717) is 5.92 Å². The molecule has 0 fully saturated rings. The number of hydrogen-bond donors (Lipinski definition) is 0. The van der Waals surface area contributed by atoms with Gasteiger partial charge in [0.2, 0.25) is 0 Å². The van der Waals surface area contributed by atoms with Crippen molar-refractivity contribution in [2.75, 3.05) is 0 Å². The SMILES string of the molecule is CCC.CCc1ccc(C(C)C)c2nsnc12. The van der Waals surface area contributed by atoms with Gasteiger partial charge in [0, 0.05) is 0 Å². The van der Waals surface area contributed by atoms with E-state index in [-0.39, 0.29) is 0 Å². The summed E-state index contributed by atoms with van der Waals surface area (Å²) >= 11 is 1.31. The molecule has 0 saturated heterocycles. The van der Waals surface area contributed by atoms with Crippen LogP contribution in [-0.4, -0.2) is 8.75 Å². The second-order valence-electron chi connectivity index (χ2n) is 4.49. The van der Waals surface area contributed by atoms with Gasteiger partial charge in [0.05, 0.1) is 11.7 Å². The highest BCUT2D eigenvalue weighted by atomic mass is 32.1. The Morgan fingerprint density at radius 2 is 1.65 bits per heavy atom. The van der Waals surface area contributed by atoms with Gasteiger partial charge in [-0.05, 0) is 23.5 Å². The number of hydrogen-bond acceptors (Lipinski definition) is 3. The molecule has 0 aliphatic rings. The monoisotopic (exact) mass is 250 g/mol. The van der Waals surface area contributed by atoms with Crippen molar-refractivity contribution in [3.8, 4) is 0 Å². The maximum absolute atomic E-state index is 4.38. The zero-order valence-electron chi connectivity index (χ0n) is 11.4. The van der Waals surface area contributed by atoms with Gasteiger partial charge in [0.25, 0.3) is 0 Å². The average Bonchev–Trinajstić information content (AvgIpc) is 2.77. The molecule has 0 N–H and O–H groups in total. The molecule has 1 aromatic heterocycles. The molecule has 0 bridgehead atoms. The predicted octanol–water partition coefficient (Wildman–Crippen LogP) is 4.79. The zero-order valence-corrected chi connectivity index (χ0v) is 12.3. The lowest BCUT2D eigenvalue weighted by atomic mass is 9.99. The molecular weight excluding hydrogens is 228 g/mol. The Balaban J connectivity index is 0.000000437. The van der Waals surface area contributed by atoms with Crippen molar-refractivity contribution in [3.63, 3.8) is 0 Å². The van der Waals surface area contributed by atoms with Crippen LogP contribution >= 0.6 is 11.7 Å². The Kier molecular flexibility index (Phi) is 5.56. The number of aromatic nitrogens is 2. The zero-order chi connectivity index (χ0) is 12.8. The van der Waals surface area contributed by atoms with Gasteiger partial charge in [-0.3, -0.25) is 0 Å². The van der Waals surface area contributed by atoms with Crippen molar-refractivity contribution < 1.29 is 0 Å². The topological polar surface area (TPSA) is 25.8 Å². The molecule has 3 heteroatoms. The summed E-state index contributed by atoms with van der Waals surface area (Å²) in [6.07, 6.45) is 2.28. The van der Waals surface area contributed by atoms with E-state index in [0.717, 1.165) is 17.5 Å². The predicted molar refractivity (Wildman–Crippen MR) is 76.8 cm³/mol. The van der Waals surface area contributed by atoms with Crippen molar-refractivity contribution in [3.05, 3.63) is 23.3 Å². The van der Waals surface area contributed by atoms with E-state index < -0.39 is 0 Å². The summed E-state index contributed by atoms with van der Waals surface area (Å²) in [6.45, 7) is 10.8. The Bertz CT molecular complexity index is 460. The molecular formula is C14H22N2S. The van der Waals surface area contributed by atoms with Gasteiger partial charge in [-0.15, -0.1) is 0 Å². The molecule has 0 atom stereocenters. The van der Waals surface area contributed by atoms with E-state index in [1.807, 2.05) is 0 Å². The summed E-state index contributed by atoms with van der Waals surface area (Å²) < 4.78 is 8.74. The van der Waals surface area contributed by atoms with Gasteiger partial charge in [0.1, 0.15) is 11.0 Å². The van der Waals surface area contributed by atoms with E-state index in [2.05, 4.69) is 55.5 Å². The van der Waals surface area contributed by atoms with Crippen LogP contribution < -0.4 is 0 Å². The van der Waals surface area contributed by atoms with E-state index >= 15 is 0 Å². The fraction of sp³-hybridized carbons (Fsp3) is 0.571. The van der Waals surface area contributed by atoms with Gasteiger partial charge in [0.15, 0.2) is 0 Å². The minimum absolute atomic E-state index is 0.521. The van der Waals surface area contributed by atoms with Crippen molar-refractivity contribution in [1.82, 2.24) is 8.75 Å². The van der Waals surface area contributed by atoms with Crippen molar-refractivity contribution in [2.45, 2.75) is 53.4 Å². The van der Waals surface area contributed by atoms with Crippen LogP contribution in [0, 0.1) is 0 Å². The third kappa shape index (κ3) is 3.25. The lowest BCUT2D eigenvalue weighted by molar-refractivity contribution is 0.873. The van der Waals surface area contributed by atoms with Crippen molar-refractivity contribution in [2.24, 2.45) is 0 Å². The maximum atomic E-state index is 4.38.